The van der Waals surface area contributed by atoms with E-state index in [1.807, 2.05) is 83.7 Å². The highest BCUT2D eigenvalue weighted by molar-refractivity contribution is 9.10. The lowest BCUT2D eigenvalue weighted by Crippen LogP contribution is -1.97. The van der Waals surface area contributed by atoms with E-state index in [1.165, 1.54) is 5.56 Å². The average Bonchev–Trinajstić information content (AvgIpc) is 3.16. The van der Waals surface area contributed by atoms with E-state index in [0.29, 0.717) is 0 Å². The maximum atomic E-state index is 4.69. The van der Waals surface area contributed by atoms with Crippen LogP contribution in [-0.4, -0.2) is 21.1 Å². The van der Waals surface area contributed by atoms with Gasteiger partial charge >= 0.3 is 0 Å². The van der Waals surface area contributed by atoms with Gasteiger partial charge in [0.1, 0.15) is 0 Å². The number of benzene rings is 3. The van der Waals surface area contributed by atoms with Gasteiger partial charge < -0.3 is 0 Å². The largest absolute Gasteiger partial charge is 0.212 e. The molecule has 138 valence electrons. The molecule has 28 heavy (non-hydrogen) atoms. The second-order valence-corrected chi connectivity index (χ2v) is 7.91. The van der Waals surface area contributed by atoms with Crippen molar-refractivity contribution in [1.29, 1.82) is 0 Å². The summed E-state index contributed by atoms with van der Waals surface area (Å²) in [6, 6.07) is 28.3. The number of thioether (sulfide) groups is 1. The van der Waals surface area contributed by atoms with Crippen molar-refractivity contribution in [3.8, 4) is 11.4 Å². The molecule has 0 fully saturated rings. The second kappa shape index (κ2) is 8.99. The Morgan fingerprint density at radius 2 is 1.54 bits per heavy atom. The molecule has 0 aliphatic heterocycles. The van der Waals surface area contributed by atoms with Crippen LogP contribution in [0, 0.1) is 0 Å². The van der Waals surface area contributed by atoms with Crippen LogP contribution < -0.4 is 0 Å². The maximum Gasteiger partial charge on any atom is 0.212 e. The molecule has 4 aromatic rings. The molecule has 0 atom stereocenters. The Bertz CT molecular complexity index is 1060. The van der Waals surface area contributed by atoms with Gasteiger partial charge in [0.05, 0.1) is 6.21 Å². The molecule has 0 bridgehead atoms. The van der Waals surface area contributed by atoms with Gasteiger partial charge in [-0.25, -0.2) is 0 Å². The van der Waals surface area contributed by atoms with Crippen molar-refractivity contribution in [2.75, 3.05) is 0 Å². The van der Waals surface area contributed by atoms with Gasteiger partial charge in [-0.05, 0) is 23.3 Å². The van der Waals surface area contributed by atoms with Crippen LogP contribution in [0.3, 0.4) is 0 Å². The zero-order chi connectivity index (χ0) is 19.2. The summed E-state index contributed by atoms with van der Waals surface area (Å²) < 4.78 is 2.85. The highest BCUT2D eigenvalue weighted by Gasteiger charge is 2.14. The summed E-state index contributed by atoms with van der Waals surface area (Å²) in [5.74, 6) is 1.53. The predicted molar refractivity (Wildman–Crippen MR) is 119 cm³/mol. The van der Waals surface area contributed by atoms with E-state index in [9.17, 15) is 0 Å². The predicted octanol–water partition coefficient (Wildman–Crippen LogP) is 5.88. The highest BCUT2D eigenvalue weighted by atomic mass is 79.9. The van der Waals surface area contributed by atoms with Crippen molar-refractivity contribution in [3.05, 3.63) is 101 Å². The van der Waals surface area contributed by atoms with Crippen LogP contribution in [0.4, 0.5) is 0 Å². The Labute approximate surface area is 176 Å². The van der Waals surface area contributed by atoms with E-state index < -0.39 is 0 Å². The Balaban J connectivity index is 1.65. The molecular weight excluding hydrogens is 432 g/mol. The van der Waals surface area contributed by atoms with Crippen LogP contribution in [0.2, 0.25) is 0 Å². The maximum absolute atomic E-state index is 4.69. The van der Waals surface area contributed by atoms with E-state index in [-0.39, 0.29) is 0 Å². The first-order valence-corrected chi connectivity index (χ1v) is 10.5. The van der Waals surface area contributed by atoms with Crippen LogP contribution in [0.15, 0.2) is 99.7 Å². The van der Waals surface area contributed by atoms with Gasteiger partial charge in [0.15, 0.2) is 5.82 Å². The molecule has 4 rings (SSSR count). The van der Waals surface area contributed by atoms with Crippen molar-refractivity contribution in [1.82, 2.24) is 14.9 Å². The monoisotopic (exact) mass is 448 g/mol. The van der Waals surface area contributed by atoms with Gasteiger partial charge in [0, 0.05) is 15.8 Å². The van der Waals surface area contributed by atoms with E-state index in [4.69, 9.17) is 0 Å². The summed E-state index contributed by atoms with van der Waals surface area (Å²) >= 11 is 5.08. The number of nitrogens with zero attached hydrogens (tertiary/aromatic N) is 4. The molecule has 6 heteroatoms. The minimum absolute atomic E-state index is 0.726. The van der Waals surface area contributed by atoms with Gasteiger partial charge in [-0.1, -0.05) is 100 Å². The summed E-state index contributed by atoms with van der Waals surface area (Å²) in [7, 11) is 0. The molecule has 0 saturated heterocycles. The Morgan fingerprint density at radius 1 is 0.857 bits per heavy atom. The van der Waals surface area contributed by atoms with E-state index >= 15 is 0 Å². The number of hydrogen-bond acceptors (Lipinski definition) is 4. The topological polar surface area (TPSA) is 43.1 Å². The van der Waals surface area contributed by atoms with Crippen molar-refractivity contribution >= 4 is 33.9 Å². The molecule has 3 aromatic carbocycles. The summed E-state index contributed by atoms with van der Waals surface area (Å²) in [5, 5.41) is 14.2. The third kappa shape index (κ3) is 4.58. The third-order valence-corrected chi connectivity index (χ3v) is 5.57. The Kier molecular flexibility index (Phi) is 5.99. The minimum atomic E-state index is 0.726. The van der Waals surface area contributed by atoms with E-state index in [0.717, 1.165) is 32.3 Å². The lowest BCUT2D eigenvalue weighted by molar-refractivity contribution is 0.772. The van der Waals surface area contributed by atoms with Crippen LogP contribution >= 0.6 is 27.7 Å². The van der Waals surface area contributed by atoms with Crippen molar-refractivity contribution in [2.24, 2.45) is 5.10 Å². The van der Waals surface area contributed by atoms with Crippen molar-refractivity contribution < 1.29 is 0 Å². The molecule has 0 aliphatic rings. The molecule has 0 unspecified atom stereocenters. The lowest BCUT2D eigenvalue weighted by Gasteiger charge is -2.05. The third-order valence-electron chi connectivity index (χ3n) is 4.05. The van der Waals surface area contributed by atoms with E-state index in [1.54, 1.807) is 11.8 Å². The van der Waals surface area contributed by atoms with Gasteiger partial charge in [-0.15, -0.1) is 10.2 Å². The number of halogens is 1. The molecule has 0 N–H and O–H groups in total. The van der Waals surface area contributed by atoms with Gasteiger partial charge in [0.25, 0.3) is 0 Å². The fourth-order valence-corrected chi connectivity index (χ4v) is 3.73. The van der Waals surface area contributed by atoms with Gasteiger partial charge in [-0.2, -0.15) is 9.78 Å². The molecule has 1 aromatic heterocycles. The van der Waals surface area contributed by atoms with Crippen molar-refractivity contribution in [2.45, 2.75) is 10.9 Å². The fourth-order valence-electron chi connectivity index (χ4n) is 2.62. The van der Waals surface area contributed by atoms with Gasteiger partial charge in [-0.3, -0.25) is 0 Å². The smallest absolute Gasteiger partial charge is 0.187 e. The fraction of sp³-hybridized carbons (Fsp3) is 0.0455. The van der Waals surface area contributed by atoms with Crippen LogP contribution in [0.25, 0.3) is 11.4 Å². The molecule has 0 saturated carbocycles. The summed E-state index contributed by atoms with van der Waals surface area (Å²) in [6.07, 6.45) is 1.83. The molecular formula is C22H17BrN4S. The quantitative estimate of drug-likeness (QED) is 0.273. The van der Waals surface area contributed by atoms with Crippen LogP contribution in [0.5, 0.6) is 0 Å². The summed E-state index contributed by atoms with van der Waals surface area (Å²) in [6.45, 7) is 0. The molecule has 4 nitrogen and oxygen atoms in total. The molecule has 0 aliphatic carbocycles. The normalized spacial score (nSPS) is 11.2. The first-order valence-electron chi connectivity index (χ1n) is 8.77. The first kappa shape index (κ1) is 18.7. The van der Waals surface area contributed by atoms with Crippen LogP contribution in [-0.2, 0) is 5.75 Å². The van der Waals surface area contributed by atoms with Crippen LogP contribution in [0.1, 0.15) is 11.1 Å². The number of rotatable bonds is 6. The zero-order valence-electron chi connectivity index (χ0n) is 14.9. The molecule has 0 radical (unpaired) electrons. The van der Waals surface area contributed by atoms with Crippen molar-refractivity contribution in [3.63, 3.8) is 0 Å². The first-order chi connectivity index (χ1) is 13.8. The number of aromatic nitrogens is 3. The average molecular weight is 449 g/mol. The minimum Gasteiger partial charge on any atom is -0.187 e. The highest BCUT2D eigenvalue weighted by Crippen LogP contribution is 2.26. The summed E-state index contributed by atoms with van der Waals surface area (Å²) in [4.78, 5) is 0. The second-order valence-electron chi connectivity index (χ2n) is 6.05. The van der Waals surface area contributed by atoms with E-state index in [2.05, 4.69) is 43.4 Å². The zero-order valence-corrected chi connectivity index (χ0v) is 17.3. The molecule has 1 heterocycles. The number of hydrogen-bond donors (Lipinski definition) is 0. The summed E-state index contributed by atoms with van der Waals surface area (Å²) in [5.41, 5.74) is 3.23. The SMILES string of the molecule is Brc1ccc(C=Nn2c(SCc3ccccc3)nnc2-c2ccccc2)cc1. The molecule has 0 amide bonds. The lowest BCUT2D eigenvalue weighted by atomic mass is 10.2. The Morgan fingerprint density at radius 3 is 2.25 bits per heavy atom. The standard InChI is InChI=1S/C22H17BrN4S/c23-20-13-11-17(12-14-20)15-24-27-21(19-9-5-2-6-10-19)25-26-22(27)28-16-18-7-3-1-4-8-18/h1-15H,16H2. The Hall–Kier alpha value is -2.70. The molecule has 0 spiro atoms. The van der Waals surface area contributed by atoms with Gasteiger partial charge in [0.2, 0.25) is 5.16 Å².